The third kappa shape index (κ3) is 4.57. The van der Waals surface area contributed by atoms with E-state index in [9.17, 15) is 13.2 Å². The highest BCUT2D eigenvalue weighted by atomic mass is 32.2. The Morgan fingerprint density at radius 3 is 2.38 bits per heavy atom. The van der Waals surface area contributed by atoms with Crippen molar-refractivity contribution in [1.82, 2.24) is 9.62 Å². The minimum absolute atomic E-state index is 0.0586. The lowest BCUT2D eigenvalue weighted by Gasteiger charge is -2.31. The molecule has 0 radical (unpaired) electrons. The number of nitrogens with one attached hydrogen (secondary N) is 1. The molecule has 5 nitrogen and oxygen atoms in total. The van der Waals surface area contributed by atoms with Crippen LogP contribution in [-0.2, 0) is 14.8 Å². The number of piperidine rings is 1. The van der Waals surface area contributed by atoms with E-state index in [0.717, 1.165) is 18.4 Å². The van der Waals surface area contributed by atoms with Gasteiger partial charge in [0.2, 0.25) is 15.9 Å². The maximum atomic E-state index is 12.7. The molecule has 134 valence electrons. The molecule has 1 amide bonds. The van der Waals surface area contributed by atoms with Gasteiger partial charge in [-0.3, -0.25) is 4.79 Å². The van der Waals surface area contributed by atoms with Crippen molar-refractivity contribution in [3.63, 3.8) is 0 Å². The van der Waals surface area contributed by atoms with Gasteiger partial charge in [-0.25, -0.2) is 8.42 Å². The molecule has 1 N–H and O–H groups in total. The Labute approximate surface area is 145 Å². The number of aryl methyl sites for hydroxylation is 1. The molecule has 1 aliphatic heterocycles. The first kappa shape index (κ1) is 18.9. The Kier molecular flexibility index (Phi) is 6.40. The van der Waals surface area contributed by atoms with E-state index < -0.39 is 10.0 Å². The number of sulfonamides is 1. The molecule has 24 heavy (non-hydrogen) atoms. The third-order valence-corrected chi connectivity index (χ3v) is 6.51. The topological polar surface area (TPSA) is 66.5 Å². The van der Waals surface area contributed by atoms with Gasteiger partial charge < -0.3 is 5.32 Å². The number of amides is 1. The third-order valence-electron chi connectivity index (χ3n) is 4.59. The number of hydrogen-bond acceptors (Lipinski definition) is 3. The van der Waals surface area contributed by atoms with Gasteiger partial charge in [-0.2, -0.15) is 4.31 Å². The Hall–Kier alpha value is -1.40. The van der Waals surface area contributed by atoms with Gasteiger partial charge in [0.1, 0.15) is 0 Å². The summed E-state index contributed by atoms with van der Waals surface area (Å²) in [5, 5.41) is 3.04. The second kappa shape index (κ2) is 8.12. The molecule has 1 aliphatic rings. The van der Waals surface area contributed by atoms with Crippen LogP contribution in [0.3, 0.4) is 0 Å². The van der Waals surface area contributed by atoms with Crippen LogP contribution in [0.4, 0.5) is 0 Å². The fraction of sp³-hybridized carbons (Fsp3) is 0.611. The molecule has 1 aromatic carbocycles. The Morgan fingerprint density at radius 2 is 1.83 bits per heavy atom. The number of benzene rings is 1. The van der Waals surface area contributed by atoms with E-state index in [1.807, 2.05) is 26.0 Å². The molecule has 0 spiro atoms. The van der Waals surface area contributed by atoms with Gasteiger partial charge >= 0.3 is 0 Å². The van der Waals surface area contributed by atoms with Crippen molar-refractivity contribution in [3.8, 4) is 0 Å². The first-order valence-electron chi connectivity index (χ1n) is 8.71. The SMILES string of the molecule is CCCC(C)NC(=O)C1CCN(S(=O)(=O)c2ccc(C)cc2)CC1. The summed E-state index contributed by atoms with van der Waals surface area (Å²) in [5.74, 6) is -0.0305. The van der Waals surface area contributed by atoms with E-state index in [0.29, 0.717) is 30.8 Å². The predicted octanol–water partition coefficient (Wildman–Crippen LogP) is 2.70. The van der Waals surface area contributed by atoms with Gasteiger partial charge in [0.05, 0.1) is 4.90 Å². The molecule has 0 bridgehead atoms. The number of rotatable bonds is 6. The highest BCUT2D eigenvalue weighted by Crippen LogP contribution is 2.24. The van der Waals surface area contributed by atoms with Crippen LogP contribution >= 0.6 is 0 Å². The fourth-order valence-corrected chi connectivity index (χ4v) is 4.55. The number of carbonyl (C=O) groups is 1. The summed E-state index contributed by atoms with van der Waals surface area (Å²) in [6.45, 7) is 6.84. The van der Waals surface area contributed by atoms with Crippen LogP contribution in [0.15, 0.2) is 29.2 Å². The largest absolute Gasteiger partial charge is 0.353 e. The fourth-order valence-electron chi connectivity index (χ4n) is 3.08. The minimum Gasteiger partial charge on any atom is -0.353 e. The summed E-state index contributed by atoms with van der Waals surface area (Å²) >= 11 is 0. The van der Waals surface area contributed by atoms with Gasteiger partial charge in [-0.15, -0.1) is 0 Å². The second-order valence-corrected chi connectivity index (χ2v) is 8.63. The summed E-state index contributed by atoms with van der Waals surface area (Å²) in [5.41, 5.74) is 1.03. The Bertz CT molecular complexity index is 647. The van der Waals surface area contributed by atoms with Crippen molar-refractivity contribution in [2.45, 2.75) is 57.4 Å². The molecular formula is C18H28N2O3S. The van der Waals surface area contributed by atoms with Gasteiger partial charge in [0.25, 0.3) is 0 Å². The molecule has 0 aromatic heterocycles. The average molecular weight is 353 g/mol. The van der Waals surface area contributed by atoms with Gasteiger partial charge in [0, 0.05) is 25.0 Å². The second-order valence-electron chi connectivity index (χ2n) is 6.69. The lowest BCUT2D eigenvalue weighted by Crippen LogP contribution is -2.44. The van der Waals surface area contributed by atoms with Crippen LogP contribution in [0.2, 0.25) is 0 Å². The van der Waals surface area contributed by atoms with Crippen LogP contribution < -0.4 is 5.32 Å². The number of hydrogen-bond donors (Lipinski definition) is 1. The van der Waals surface area contributed by atoms with Crippen molar-refractivity contribution < 1.29 is 13.2 Å². The number of carbonyl (C=O) groups excluding carboxylic acids is 1. The van der Waals surface area contributed by atoms with E-state index in [1.165, 1.54) is 4.31 Å². The van der Waals surface area contributed by atoms with E-state index in [2.05, 4.69) is 12.2 Å². The summed E-state index contributed by atoms with van der Waals surface area (Å²) in [7, 11) is -3.46. The van der Waals surface area contributed by atoms with E-state index >= 15 is 0 Å². The molecule has 2 rings (SSSR count). The molecule has 0 saturated carbocycles. The Balaban J connectivity index is 1.94. The lowest BCUT2D eigenvalue weighted by molar-refractivity contribution is -0.126. The van der Waals surface area contributed by atoms with Gasteiger partial charge in [-0.1, -0.05) is 31.0 Å². The molecule has 1 unspecified atom stereocenters. The standard InChI is InChI=1S/C18H28N2O3S/c1-4-5-15(3)19-18(21)16-10-12-20(13-11-16)24(22,23)17-8-6-14(2)7-9-17/h6-9,15-16H,4-5,10-13H2,1-3H3,(H,19,21). The number of nitrogens with zero attached hydrogens (tertiary/aromatic N) is 1. The van der Waals surface area contributed by atoms with Crippen molar-refractivity contribution in [2.24, 2.45) is 5.92 Å². The quantitative estimate of drug-likeness (QED) is 0.856. The van der Waals surface area contributed by atoms with E-state index in [-0.39, 0.29) is 17.9 Å². The monoisotopic (exact) mass is 352 g/mol. The van der Waals surface area contributed by atoms with Crippen molar-refractivity contribution >= 4 is 15.9 Å². The smallest absolute Gasteiger partial charge is 0.243 e. The van der Waals surface area contributed by atoms with Crippen LogP contribution in [0.1, 0.15) is 45.1 Å². The maximum absolute atomic E-state index is 12.7. The molecule has 1 atom stereocenters. The zero-order valence-electron chi connectivity index (χ0n) is 14.8. The molecule has 1 saturated heterocycles. The van der Waals surface area contributed by atoms with Crippen molar-refractivity contribution in [2.75, 3.05) is 13.1 Å². The van der Waals surface area contributed by atoms with Crippen LogP contribution in [0.25, 0.3) is 0 Å². The summed E-state index contributed by atoms with van der Waals surface area (Å²) in [6, 6.07) is 7.09. The van der Waals surface area contributed by atoms with Crippen molar-refractivity contribution in [1.29, 1.82) is 0 Å². The molecule has 1 aromatic rings. The summed E-state index contributed by atoms with van der Waals surface area (Å²) < 4.78 is 26.8. The normalized spacial score (nSPS) is 18.3. The Morgan fingerprint density at radius 1 is 1.25 bits per heavy atom. The zero-order chi connectivity index (χ0) is 17.7. The van der Waals surface area contributed by atoms with Crippen LogP contribution in [-0.4, -0.2) is 37.8 Å². The average Bonchev–Trinajstić information content (AvgIpc) is 2.55. The molecule has 6 heteroatoms. The van der Waals surface area contributed by atoms with E-state index in [1.54, 1.807) is 12.1 Å². The summed E-state index contributed by atoms with van der Waals surface area (Å²) in [6.07, 6.45) is 3.16. The molecule has 0 aliphatic carbocycles. The van der Waals surface area contributed by atoms with Gasteiger partial charge in [-0.05, 0) is 45.2 Å². The lowest BCUT2D eigenvalue weighted by atomic mass is 9.96. The molecular weight excluding hydrogens is 324 g/mol. The molecule has 1 fully saturated rings. The van der Waals surface area contributed by atoms with Crippen LogP contribution in [0.5, 0.6) is 0 Å². The molecule has 1 heterocycles. The highest BCUT2D eigenvalue weighted by Gasteiger charge is 2.32. The highest BCUT2D eigenvalue weighted by molar-refractivity contribution is 7.89. The predicted molar refractivity (Wildman–Crippen MR) is 95.2 cm³/mol. The van der Waals surface area contributed by atoms with Crippen LogP contribution in [0, 0.1) is 12.8 Å². The van der Waals surface area contributed by atoms with Crippen molar-refractivity contribution in [3.05, 3.63) is 29.8 Å². The van der Waals surface area contributed by atoms with E-state index in [4.69, 9.17) is 0 Å². The zero-order valence-corrected chi connectivity index (χ0v) is 15.6. The maximum Gasteiger partial charge on any atom is 0.243 e. The van der Waals surface area contributed by atoms with Gasteiger partial charge in [0.15, 0.2) is 0 Å². The summed E-state index contributed by atoms with van der Waals surface area (Å²) in [4.78, 5) is 12.6. The first-order valence-corrected chi connectivity index (χ1v) is 10.2. The minimum atomic E-state index is -3.46. The first-order chi connectivity index (χ1) is 11.3.